The topological polar surface area (TPSA) is 69.9 Å². The van der Waals surface area contributed by atoms with Gasteiger partial charge in [0.15, 0.2) is 0 Å². The van der Waals surface area contributed by atoms with Crippen molar-refractivity contribution in [2.75, 3.05) is 6.61 Å². The average Bonchev–Trinajstić information content (AvgIpc) is 3.28. The van der Waals surface area contributed by atoms with E-state index in [9.17, 15) is 15.3 Å². The van der Waals surface area contributed by atoms with Gasteiger partial charge in [-0.1, -0.05) is 182 Å². The Morgan fingerprint density at radius 1 is 0.508 bits per heavy atom. The number of phenols is 2. The molecule has 5 heteroatoms. The first-order valence-corrected chi connectivity index (χ1v) is 21.3. The largest absolute Gasteiger partial charge is 0.507 e. The number of aliphatic hydroxyl groups excluding tert-OH is 1. The van der Waals surface area contributed by atoms with Crippen molar-refractivity contribution < 1.29 is 20.1 Å². The van der Waals surface area contributed by atoms with Gasteiger partial charge in [-0.15, -0.1) is 0 Å². The van der Waals surface area contributed by atoms with Gasteiger partial charge in [-0.25, -0.2) is 0 Å². The second kappa shape index (κ2) is 15.7. The highest BCUT2D eigenvalue weighted by molar-refractivity contribution is 7.80. The molecule has 1 aliphatic rings. The first-order valence-electron chi connectivity index (χ1n) is 20.0. The lowest BCUT2D eigenvalue weighted by molar-refractivity contribution is 0.0651. The van der Waals surface area contributed by atoms with E-state index in [1.54, 1.807) is 6.07 Å². The molecule has 0 bridgehead atoms. The maximum absolute atomic E-state index is 12.7. The van der Waals surface area contributed by atoms with Crippen LogP contribution in [0.15, 0.2) is 188 Å². The fourth-order valence-corrected chi connectivity index (χ4v) is 11.4. The molecule has 0 fully saturated rings. The van der Waals surface area contributed by atoms with Crippen LogP contribution in [0.5, 0.6) is 11.5 Å². The zero-order chi connectivity index (χ0) is 39.9. The van der Waals surface area contributed by atoms with Crippen LogP contribution in [0.4, 0.5) is 0 Å². The van der Waals surface area contributed by atoms with Crippen molar-refractivity contribution in [2.24, 2.45) is 5.92 Å². The van der Waals surface area contributed by atoms with Gasteiger partial charge in [0.25, 0.3) is 0 Å². The summed E-state index contributed by atoms with van der Waals surface area (Å²) in [7, 11) is -1.00. The van der Waals surface area contributed by atoms with E-state index in [0.29, 0.717) is 16.7 Å². The minimum absolute atomic E-state index is 0.0664. The maximum atomic E-state index is 12.7. The van der Waals surface area contributed by atoms with E-state index in [-0.39, 0.29) is 30.6 Å². The number of ether oxygens (including phenoxy) is 1. The number of hydrogen-bond acceptors (Lipinski definition) is 4. The van der Waals surface area contributed by atoms with Gasteiger partial charge in [0.2, 0.25) is 0 Å². The summed E-state index contributed by atoms with van der Waals surface area (Å²) >= 11 is 0. The molecule has 4 nitrogen and oxygen atoms in total. The lowest BCUT2D eigenvalue weighted by Crippen LogP contribution is -2.42. The number of phenolic OH excluding ortho intramolecular Hbond substituents is 2. The van der Waals surface area contributed by atoms with Crippen molar-refractivity contribution in [3.8, 4) is 22.6 Å². The zero-order valence-electron chi connectivity index (χ0n) is 32.2. The van der Waals surface area contributed by atoms with Crippen molar-refractivity contribution in [3.05, 3.63) is 210 Å². The van der Waals surface area contributed by atoms with Crippen LogP contribution in [0.1, 0.15) is 11.1 Å². The number of aromatic hydroxyl groups is 2. The molecule has 2 atom stereocenters. The monoisotopic (exact) mass is 784 g/mol. The second-order valence-electron chi connectivity index (χ2n) is 15.1. The van der Waals surface area contributed by atoms with Crippen LogP contribution in [0.3, 0.4) is 0 Å². The molecule has 9 aromatic rings. The Kier molecular flexibility index (Phi) is 9.76. The molecule has 0 radical (unpaired) electrons. The summed E-state index contributed by atoms with van der Waals surface area (Å²) in [5, 5.41) is 47.6. The number of aliphatic hydroxyl groups is 1. The van der Waals surface area contributed by atoms with E-state index >= 15 is 0 Å². The number of hydrogen-bond donors (Lipinski definition) is 3. The van der Waals surface area contributed by atoms with E-state index in [1.807, 2.05) is 72.8 Å². The molecule has 1 aliphatic carbocycles. The summed E-state index contributed by atoms with van der Waals surface area (Å²) in [6.45, 7) is 0.322. The van der Waals surface area contributed by atoms with Gasteiger partial charge in [-0.05, 0) is 89.9 Å². The van der Waals surface area contributed by atoms with Gasteiger partial charge >= 0.3 is 0 Å². The molecule has 59 heavy (non-hydrogen) atoms. The molecule has 0 aliphatic heterocycles. The van der Waals surface area contributed by atoms with Crippen molar-refractivity contribution in [3.63, 3.8) is 0 Å². The molecule has 0 aromatic heterocycles. The highest BCUT2D eigenvalue weighted by Gasteiger charge is 2.32. The highest BCUT2D eigenvalue weighted by atomic mass is 31.1. The van der Waals surface area contributed by atoms with Crippen molar-refractivity contribution >= 4 is 67.8 Å². The summed E-state index contributed by atoms with van der Waals surface area (Å²) in [5.41, 5.74) is 3.72. The lowest BCUT2D eigenvalue weighted by atomic mass is 9.83. The van der Waals surface area contributed by atoms with Crippen LogP contribution in [0.2, 0.25) is 0 Å². The first kappa shape index (κ1) is 36.8. The fourth-order valence-electron chi connectivity index (χ4n) is 8.90. The molecular formula is C54H41O4P. The molecule has 10 rings (SSSR count). The third-order valence-corrected chi connectivity index (χ3v) is 14.1. The van der Waals surface area contributed by atoms with Crippen LogP contribution >= 0.6 is 7.92 Å². The SMILES string of the molecule is Oc1ccc2ccccc2c1-c1c(O)c(COCC2C=c3ccccc3=C(c3c(P(c4ccccc4)c4ccccc4)ccc4ccccc34)C2O)cc2ccccc12. The minimum atomic E-state index is -1.00. The van der Waals surface area contributed by atoms with Gasteiger partial charge < -0.3 is 20.1 Å². The van der Waals surface area contributed by atoms with Crippen LogP contribution in [0.25, 0.3) is 55.1 Å². The first-order chi connectivity index (χ1) is 29.0. The Morgan fingerprint density at radius 2 is 1.05 bits per heavy atom. The maximum Gasteiger partial charge on any atom is 0.129 e. The predicted octanol–water partition coefficient (Wildman–Crippen LogP) is 9.17. The smallest absolute Gasteiger partial charge is 0.129 e. The summed E-state index contributed by atoms with van der Waals surface area (Å²) in [6.07, 6.45) is 1.25. The normalized spacial score (nSPS) is 15.1. The summed E-state index contributed by atoms with van der Waals surface area (Å²) in [5.74, 6) is -0.216. The minimum Gasteiger partial charge on any atom is -0.507 e. The van der Waals surface area contributed by atoms with E-state index in [1.165, 1.54) is 15.9 Å². The molecule has 0 heterocycles. The van der Waals surface area contributed by atoms with Gasteiger partial charge in [0, 0.05) is 22.6 Å². The summed E-state index contributed by atoms with van der Waals surface area (Å²) in [4.78, 5) is 0. The molecule has 3 N–H and O–H groups in total. The predicted molar refractivity (Wildman–Crippen MR) is 245 cm³/mol. The molecule has 0 amide bonds. The van der Waals surface area contributed by atoms with E-state index in [0.717, 1.165) is 53.9 Å². The number of benzene rings is 9. The zero-order valence-corrected chi connectivity index (χ0v) is 33.1. The van der Waals surface area contributed by atoms with Gasteiger partial charge in [0.1, 0.15) is 11.5 Å². The van der Waals surface area contributed by atoms with Crippen molar-refractivity contribution in [2.45, 2.75) is 12.7 Å². The Labute approximate surface area is 344 Å². The fraction of sp³-hybridized carbons (Fsp3) is 0.0741. The molecule has 0 saturated heterocycles. The summed E-state index contributed by atoms with van der Waals surface area (Å²) in [6, 6.07) is 64.0. The molecule has 286 valence electrons. The molecular weight excluding hydrogens is 744 g/mol. The van der Waals surface area contributed by atoms with Gasteiger partial charge in [-0.2, -0.15) is 0 Å². The Balaban J connectivity index is 1.06. The van der Waals surface area contributed by atoms with Crippen LogP contribution in [0, 0.1) is 5.92 Å². The number of fused-ring (bicyclic) bond motifs is 4. The van der Waals surface area contributed by atoms with Crippen molar-refractivity contribution in [1.82, 2.24) is 0 Å². The third kappa shape index (κ3) is 6.66. The highest BCUT2D eigenvalue weighted by Crippen LogP contribution is 2.46. The van der Waals surface area contributed by atoms with Crippen molar-refractivity contribution in [1.29, 1.82) is 0 Å². The Hall–Kier alpha value is -6.55. The van der Waals surface area contributed by atoms with Crippen LogP contribution in [-0.2, 0) is 11.3 Å². The second-order valence-corrected chi connectivity index (χ2v) is 17.3. The van der Waals surface area contributed by atoms with E-state index in [4.69, 9.17) is 4.74 Å². The average molecular weight is 785 g/mol. The number of rotatable bonds is 9. The summed E-state index contributed by atoms with van der Waals surface area (Å²) < 4.78 is 6.55. The van der Waals surface area contributed by atoms with Crippen LogP contribution < -0.4 is 26.4 Å². The quantitative estimate of drug-likeness (QED) is 0.128. The van der Waals surface area contributed by atoms with E-state index < -0.39 is 14.0 Å². The lowest BCUT2D eigenvalue weighted by Gasteiger charge is -2.31. The third-order valence-electron chi connectivity index (χ3n) is 11.6. The van der Waals surface area contributed by atoms with Gasteiger partial charge in [-0.3, -0.25) is 0 Å². The molecule has 0 spiro atoms. The standard InChI is InChI=1S/C54H41O4P/c55-47-29-27-35-15-7-11-23-43(35)49(47)51-45-25-13-9-17-37(45)31-39(53(51)56)33-58-34-40-32-38-18-10-14-26-46(38)52(54(40)57)50-44-24-12-8-16-36(44)28-30-48(50)59(41-19-3-1-4-20-41)42-21-5-2-6-22-42/h1-32,40,54-57H,33-34H2. The van der Waals surface area contributed by atoms with Crippen LogP contribution in [-0.4, -0.2) is 28.0 Å². The Morgan fingerprint density at radius 3 is 1.73 bits per heavy atom. The Bertz CT molecular complexity index is 3100. The molecule has 0 saturated carbocycles. The van der Waals surface area contributed by atoms with Gasteiger partial charge in [0.05, 0.1) is 19.3 Å². The molecule has 2 unspecified atom stereocenters. The molecule has 9 aromatic carbocycles. The van der Waals surface area contributed by atoms with E-state index in [2.05, 4.69) is 115 Å².